The summed E-state index contributed by atoms with van der Waals surface area (Å²) in [5.74, 6) is 1.58. The maximum atomic E-state index is 5.34. The first-order chi connectivity index (χ1) is 9.71. The number of hydrogen-bond acceptors (Lipinski definition) is 3. The number of likely N-dealkylation sites (tertiary alicyclic amines) is 1. The van der Waals surface area contributed by atoms with Crippen LogP contribution in [0.5, 0.6) is 5.75 Å². The number of nitrogens with one attached hydrogen (secondary N) is 1. The lowest BCUT2D eigenvalue weighted by Gasteiger charge is -2.41. The van der Waals surface area contributed by atoms with Gasteiger partial charge in [-0.15, -0.1) is 0 Å². The van der Waals surface area contributed by atoms with E-state index in [1.54, 1.807) is 7.11 Å². The molecule has 112 valence electrons. The van der Waals surface area contributed by atoms with E-state index in [0.29, 0.717) is 12.0 Å². The normalized spacial score (nSPS) is 23.8. The smallest absolute Gasteiger partial charge is 0.133 e. The maximum Gasteiger partial charge on any atom is 0.133 e. The zero-order valence-corrected chi connectivity index (χ0v) is 14.2. The predicted molar refractivity (Wildman–Crippen MR) is 87.3 cm³/mol. The van der Waals surface area contributed by atoms with E-state index >= 15 is 0 Å². The SMILES string of the molecule is CCN1CCCC(CNC)C1c1ccc(OC)c(Br)c1. The molecule has 0 spiro atoms. The summed E-state index contributed by atoms with van der Waals surface area (Å²) in [5.41, 5.74) is 1.39. The van der Waals surface area contributed by atoms with E-state index in [2.05, 4.69) is 51.3 Å². The van der Waals surface area contributed by atoms with Gasteiger partial charge < -0.3 is 10.1 Å². The fraction of sp³-hybridized carbons (Fsp3) is 0.625. The van der Waals surface area contributed by atoms with Gasteiger partial charge in [-0.2, -0.15) is 0 Å². The van der Waals surface area contributed by atoms with Crippen LogP contribution in [0.3, 0.4) is 0 Å². The van der Waals surface area contributed by atoms with Gasteiger partial charge in [0.1, 0.15) is 5.75 Å². The Hall–Kier alpha value is -0.580. The summed E-state index contributed by atoms with van der Waals surface area (Å²) in [5, 5.41) is 3.36. The molecule has 0 radical (unpaired) electrons. The van der Waals surface area contributed by atoms with E-state index in [4.69, 9.17) is 4.74 Å². The standard InChI is InChI=1S/C16H25BrN2O/c1-4-19-9-5-6-13(11-18-2)16(19)12-7-8-15(20-3)14(17)10-12/h7-8,10,13,16,18H,4-6,9,11H2,1-3H3. The van der Waals surface area contributed by atoms with E-state index in [1.807, 2.05) is 7.05 Å². The number of hydrogen-bond donors (Lipinski definition) is 1. The fourth-order valence-corrected chi connectivity index (χ4v) is 3.89. The zero-order chi connectivity index (χ0) is 14.5. The van der Waals surface area contributed by atoms with Crippen LogP contribution in [0.25, 0.3) is 0 Å². The van der Waals surface area contributed by atoms with E-state index < -0.39 is 0 Å². The van der Waals surface area contributed by atoms with Crippen molar-refractivity contribution in [1.29, 1.82) is 0 Å². The molecule has 0 aliphatic carbocycles. The van der Waals surface area contributed by atoms with Crippen molar-refractivity contribution in [1.82, 2.24) is 10.2 Å². The Morgan fingerprint density at radius 1 is 1.45 bits per heavy atom. The summed E-state index contributed by atoms with van der Waals surface area (Å²) in [4.78, 5) is 2.60. The van der Waals surface area contributed by atoms with Crippen molar-refractivity contribution in [2.75, 3.05) is 33.8 Å². The Kier molecular flexibility index (Phi) is 5.87. The lowest BCUT2D eigenvalue weighted by Crippen LogP contribution is -2.42. The Morgan fingerprint density at radius 2 is 2.25 bits per heavy atom. The number of methoxy groups -OCH3 is 1. The van der Waals surface area contributed by atoms with Crippen molar-refractivity contribution in [3.8, 4) is 5.75 Å². The van der Waals surface area contributed by atoms with Crippen molar-refractivity contribution in [3.63, 3.8) is 0 Å². The molecule has 0 amide bonds. The van der Waals surface area contributed by atoms with Gasteiger partial charge in [-0.05, 0) is 79.1 Å². The van der Waals surface area contributed by atoms with Crippen molar-refractivity contribution < 1.29 is 4.74 Å². The minimum Gasteiger partial charge on any atom is -0.496 e. The Morgan fingerprint density at radius 3 is 2.85 bits per heavy atom. The average Bonchev–Trinajstić information content (AvgIpc) is 2.47. The molecule has 1 saturated heterocycles. The highest BCUT2D eigenvalue weighted by molar-refractivity contribution is 9.10. The molecule has 0 saturated carbocycles. The molecule has 3 nitrogen and oxygen atoms in total. The maximum absolute atomic E-state index is 5.34. The number of halogens is 1. The molecule has 4 heteroatoms. The van der Waals surface area contributed by atoms with Gasteiger partial charge >= 0.3 is 0 Å². The third-order valence-electron chi connectivity index (χ3n) is 4.25. The van der Waals surface area contributed by atoms with Crippen LogP contribution in [0, 0.1) is 5.92 Å². The molecule has 1 N–H and O–H groups in total. The Balaban J connectivity index is 2.30. The second-order valence-corrected chi connectivity index (χ2v) is 6.28. The molecule has 0 aromatic heterocycles. The first kappa shape index (κ1) is 15.8. The fourth-order valence-electron chi connectivity index (χ4n) is 3.33. The van der Waals surface area contributed by atoms with Crippen molar-refractivity contribution in [3.05, 3.63) is 28.2 Å². The van der Waals surface area contributed by atoms with E-state index in [9.17, 15) is 0 Å². The second-order valence-electron chi connectivity index (χ2n) is 5.43. The molecule has 2 unspecified atom stereocenters. The van der Waals surface area contributed by atoms with Crippen molar-refractivity contribution in [2.24, 2.45) is 5.92 Å². The predicted octanol–water partition coefficient (Wildman–Crippen LogP) is 3.45. The van der Waals surface area contributed by atoms with Crippen molar-refractivity contribution >= 4 is 15.9 Å². The Bertz CT molecular complexity index is 436. The summed E-state index contributed by atoms with van der Waals surface area (Å²) in [7, 11) is 3.76. The van der Waals surface area contributed by atoms with Crippen LogP contribution >= 0.6 is 15.9 Å². The second kappa shape index (κ2) is 7.43. The summed E-state index contributed by atoms with van der Waals surface area (Å²) in [6.07, 6.45) is 2.60. The van der Waals surface area contributed by atoms with Gasteiger partial charge in [0.15, 0.2) is 0 Å². The minimum absolute atomic E-state index is 0.503. The number of rotatable bonds is 5. The molecule has 0 bridgehead atoms. The lowest BCUT2D eigenvalue weighted by atomic mass is 9.84. The Labute approximate surface area is 130 Å². The van der Waals surface area contributed by atoms with Crippen LogP contribution < -0.4 is 10.1 Å². The molecule has 1 aliphatic rings. The summed E-state index contributed by atoms with van der Waals surface area (Å²) >= 11 is 3.62. The molecule has 1 fully saturated rings. The summed E-state index contributed by atoms with van der Waals surface area (Å²) < 4.78 is 6.39. The molecule has 2 rings (SSSR count). The monoisotopic (exact) mass is 340 g/mol. The highest BCUT2D eigenvalue weighted by Crippen LogP contribution is 2.38. The average molecular weight is 341 g/mol. The van der Waals surface area contributed by atoms with Gasteiger partial charge in [-0.3, -0.25) is 4.90 Å². The molecule has 1 heterocycles. The van der Waals surface area contributed by atoms with Gasteiger partial charge in [0.25, 0.3) is 0 Å². The largest absolute Gasteiger partial charge is 0.496 e. The molecule has 1 aromatic carbocycles. The van der Waals surface area contributed by atoms with Crippen LogP contribution in [0.4, 0.5) is 0 Å². The minimum atomic E-state index is 0.503. The van der Waals surface area contributed by atoms with Crippen molar-refractivity contribution in [2.45, 2.75) is 25.8 Å². The van der Waals surface area contributed by atoms with Crippen LogP contribution in [0.2, 0.25) is 0 Å². The quantitative estimate of drug-likeness (QED) is 0.888. The molecular formula is C16H25BrN2O. The van der Waals surface area contributed by atoms with E-state index in [-0.39, 0.29) is 0 Å². The molecule has 1 aliphatic heterocycles. The summed E-state index contributed by atoms with van der Waals surface area (Å²) in [6.45, 7) is 5.64. The molecular weight excluding hydrogens is 316 g/mol. The van der Waals surface area contributed by atoms with E-state index in [0.717, 1.165) is 23.3 Å². The number of piperidine rings is 1. The van der Waals surface area contributed by atoms with Crippen LogP contribution in [0.1, 0.15) is 31.4 Å². The highest BCUT2D eigenvalue weighted by atomic mass is 79.9. The number of ether oxygens (including phenoxy) is 1. The van der Waals surface area contributed by atoms with Gasteiger partial charge in [-0.25, -0.2) is 0 Å². The van der Waals surface area contributed by atoms with Gasteiger partial charge in [0.2, 0.25) is 0 Å². The molecule has 2 atom stereocenters. The zero-order valence-electron chi connectivity index (χ0n) is 12.7. The molecule has 1 aromatic rings. The summed E-state index contributed by atoms with van der Waals surface area (Å²) in [6, 6.07) is 7.01. The highest BCUT2D eigenvalue weighted by Gasteiger charge is 2.31. The first-order valence-electron chi connectivity index (χ1n) is 7.43. The number of nitrogens with zero attached hydrogens (tertiary/aromatic N) is 1. The van der Waals surface area contributed by atoms with Crippen LogP contribution in [-0.4, -0.2) is 38.7 Å². The third-order valence-corrected chi connectivity index (χ3v) is 4.87. The van der Waals surface area contributed by atoms with Gasteiger partial charge in [0, 0.05) is 6.04 Å². The topological polar surface area (TPSA) is 24.5 Å². The lowest BCUT2D eigenvalue weighted by molar-refractivity contribution is 0.0981. The third kappa shape index (κ3) is 3.35. The van der Waals surface area contributed by atoms with Crippen LogP contribution in [0.15, 0.2) is 22.7 Å². The van der Waals surface area contributed by atoms with Gasteiger partial charge in [-0.1, -0.05) is 13.0 Å². The van der Waals surface area contributed by atoms with Gasteiger partial charge in [0.05, 0.1) is 11.6 Å². The number of benzene rings is 1. The van der Waals surface area contributed by atoms with E-state index in [1.165, 1.54) is 24.9 Å². The molecule has 20 heavy (non-hydrogen) atoms. The first-order valence-corrected chi connectivity index (χ1v) is 8.22. The van der Waals surface area contributed by atoms with Crippen LogP contribution in [-0.2, 0) is 0 Å².